The van der Waals surface area contributed by atoms with Gasteiger partial charge in [-0.3, -0.25) is 0 Å². The van der Waals surface area contributed by atoms with Gasteiger partial charge in [-0.2, -0.15) is 0 Å². The number of methoxy groups -OCH3 is 1. The number of hydrazine groups is 1. The van der Waals surface area contributed by atoms with Crippen molar-refractivity contribution in [2.45, 2.75) is 13.2 Å². The standard InChI is InChI=1S/C15H18N2O/c1-18-12-14-9-7-13(8-10-14)11-16-17-15-5-3-2-4-6-15/h2-10,16-17H,11-12H2,1H3. The summed E-state index contributed by atoms with van der Waals surface area (Å²) in [5, 5.41) is 0. The lowest BCUT2D eigenvalue weighted by Crippen LogP contribution is -2.20. The molecule has 2 rings (SSSR count). The molecular weight excluding hydrogens is 224 g/mol. The first kappa shape index (κ1) is 12.6. The van der Waals surface area contributed by atoms with E-state index in [9.17, 15) is 0 Å². The molecule has 0 saturated heterocycles. The Kier molecular flexibility index (Phi) is 4.76. The molecule has 0 fully saturated rings. The van der Waals surface area contributed by atoms with Crippen molar-refractivity contribution >= 4 is 5.69 Å². The number of nitrogens with one attached hydrogen (secondary N) is 2. The van der Waals surface area contributed by atoms with E-state index >= 15 is 0 Å². The zero-order valence-electron chi connectivity index (χ0n) is 10.5. The lowest BCUT2D eigenvalue weighted by atomic mass is 10.1. The summed E-state index contributed by atoms with van der Waals surface area (Å²) in [6, 6.07) is 18.4. The van der Waals surface area contributed by atoms with Crippen LogP contribution in [0.3, 0.4) is 0 Å². The minimum atomic E-state index is 0.663. The molecule has 0 atom stereocenters. The molecule has 2 N–H and O–H groups in total. The fourth-order valence-corrected chi connectivity index (χ4v) is 1.69. The van der Waals surface area contributed by atoms with Crippen molar-refractivity contribution in [2.75, 3.05) is 12.5 Å². The van der Waals surface area contributed by atoms with Crippen molar-refractivity contribution in [2.24, 2.45) is 0 Å². The van der Waals surface area contributed by atoms with Gasteiger partial charge in [0.2, 0.25) is 0 Å². The van der Waals surface area contributed by atoms with E-state index in [1.807, 2.05) is 30.3 Å². The highest BCUT2D eigenvalue weighted by Crippen LogP contribution is 2.06. The number of para-hydroxylation sites is 1. The maximum absolute atomic E-state index is 5.08. The second-order valence-corrected chi connectivity index (χ2v) is 4.09. The van der Waals surface area contributed by atoms with Crippen LogP contribution in [-0.4, -0.2) is 7.11 Å². The average molecular weight is 242 g/mol. The number of hydrogen-bond donors (Lipinski definition) is 2. The van der Waals surface area contributed by atoms with Crippen LogP contribution >= 0.6 is 0 Å². The maximum Gasteiger partial charge on any atom is 0.0713 e. The number of rotatable bonds is 6. The second-order valence-electron chi connectivity index (χ2n) is 4.09. The third kappa shape index (κ3) is 3.87. The van der Waals surface area contributed by atoms with Gasteiger partial charge in [-0.25, -0.2) is 5.43 Å². The van der Waals surface area contributed by atoms with Gasteiger partial charge in [-0.1, -0.05) is 42.5 Å². The summed E-state index contributed by atoms with van der Waals surface area (Å²) in [7, 11) is 1.71. The number of ether oxygens (including phenoxy) is 1. The van der Waals surface area contributed by atoms with Gasteiger partial charge in [0, 0.05) is 19.3 Å². The first-order chi connectivity index (χ1) is 8.88. The molecule has 3 heteroatoms. The van der Waals surface area contributed by atoms with E-state index < -0.39 is 0 Å². The Morgan fingerprint density at radius 3 is 2.22 bits per heavy atom. The van der Waals surface area contributed by atoms with Gasteiger partial charge in [0.15, 0.2) is 0 Å². The first-order valence-electron chi connectivity index (χ1n) is 5.99. The summed E-state index contributed by atoms with van der Waals surface area (Å²) in [5.74, 6) is 0. The number of anilines is 1. The quantitative estimate of drug-likeness (QED) is 0.764. The van der Waals surface area contributed by atoms with Crippen LogP contribution in [0.15, 0.2) is 54.6 Å². The third-order valence-electron chi connectivity index (χ3n) is 2.63. The van der Waals surface area contributed by atoms with E-state index in [2.05, 4.69) is 35.1 Å². The van der Waals surface area contributed by atoms with Gasteiger partial charge in [0.1, 0.15) is 0 Å². The first-order valence-corrected chi connectivity index (χ1v) is 5.99. The van der Waals surface area contributed by atoms with Crippen molar-refractivity contribution in [1.29, 1.82) is 0 Å². The van der Waals surface area contributed by atoms with E-state index in [4.69, 9.17) is 4.74 Å². The molecule has 0 unspecified atom stereocenters. The zero-order chi connectivity index (χ0) is 12.6. The van der Waals surface area contributed by atoms with Crippen molar-refractivity contribution in [3.8, 4) is 0 Å². The molecule has 0 radical (unpaired) electrons. The van der Waals surface area contributed by atoms with Crippen LogP contribution in [0.4, 0.5) is 5.69 Å². The molecule has 0 heterocycles. The maximum atomic E-state index is 5.08. The monoisotopic (exact) mass is 242 g/mol. The van der Waals surface area contributed by atoms with Crippen LogP contribution in [0.2, 0.25) is 0 Å². The fourth-order valence-electron chi connectivity index (χ4n) is 1.69. The largest absolute Gasteiger partial charge is 0.380 e. The van der Waals surface area contributed by atoms with Crippen LogP contribution in [0.5, 0.6) is 0 Å². The molecule has 2 aromatic rings. The summed E-state index contributed by atoms with van der Waals surface area (Å²) in [6.07, 6.45) is 0. The highest BCUT2D eigenvalue weighted by atomic mass is 16.5. The lowest BCUT2D eigenvalue weighted by Gasteiger charge is -2.08. The van der Waals surface area contributed by atoms with E-state index in [0.717, 1.165) is 12.2 Å². The van der Waals surface area contributed by atoms with E-state index in [0.29, 0.717) is 6.61 Å². The second kappa shape index (κ2) is 6.79. The van der Waals surface area contributed by atoms with Crippen molar-refractivity contribution in [3.63, 3.8) is 0 Å². The normalized spacial score (nSPS) is 10.3. The smallest absolute Gasteiger partial charge is 0.0713 e. The van der Waals surface area contributed by atoms with Gasteiger partial charge in [0.05, 0.1) is 6.61 Å². The average Bonchev–Trinajstić information content (AvgIpc) is 2.42. The van der Waals surface area contributed by atoms with E-state index in [1.54, 1.807) is 7.11 Å². The SMILES string of the molecule is COCc1ccc(CNNc2ccccc2)cc1. The molecule has 0 amide bonds. The van der Waals surface area contributed by atoms with Crippen LogP contribution in [0.25, 0.3) is 0 Å². The van der Waals surface area contributed by atoms with Crippen LogP contribution in [0, 0.1) is 0 Å². The Morgan fingerprint density at radius 1 is 0.889 bits per heavy atom. The summed E-state index contributed by atoms with van der Waals surface area (Å²) >= 11 is 0. The Balaban J connectivity index is 1.80. The lowest BCUT2D eigenvalue weighted by molar-refractivity contribution is 0.185. The predicted octanol–water partition coefficient (Wildman–Crippen LogP) is 2.95. The van der Waals surface area contributed by atoms with Gasteiger partial charge in [0.25, 0.3) is 0 Å². The molecule has 0 aromatic heterocycles. The van der Waals surface area contributed by atoms with E-state index in [-0.39, 0.29) is 0 Å². The van der Waals surface area contributed by atoms with Crippen LogP contribution < -0.4 is 10.9 Å². The molecule has 0 aliphatic carbocycles. The third-order valence-corrected chi connectivity index (χ3v) is 2.63. The number of benzene rings is 2. The van der Waals surface area contributed by atoms with Crippen LogP contribution in [-0.2, 0) is 17.9 Å². The Hall–Kier alpha value is -1.84. The topological polar surface area (TPSA) is 33.3 Å². The highest BCUT2D eigenvalue weighted by Gasteiger charge is 1.94. The summed E-state index contributed by atoms with van der Waals surface area (Å²) in [4.78, 5) is 0. The van der Waals surface area contributed by atoms with E-state index in [1.165, 1.54) is 11.1 Å². The summed E-state index contributed by atoms with van der Waals surface area (Å²) < 4.78 is 5.08. The molecule has 0 aliphatic heterocycles. The molecule has 2 aromatic carbocycles. The van der Waals surface area contributed by atoms with Gasteiger partial charge < -0.3 is 10.2 Å². The Labute approximate surface area is 108 Å². The van der Waals surface area contributed by atoms with Gasteiger partial charge in [-0.05, 0) is 23.3 Å². The van der Waals surface area contributed by atoms with Crippen molar-refractivity contribution in [1.82, 2.24) is 5.43 Å². The summed E-state index contributed by atoms with van der Waals surface area (Å²) in [5.41, 5.74) is 9.84. The van der Waals surface area contributed by atoms with Crippen molar-refractivity contribution < 1.29 is 4.74 Å². The molecule has 94 valence electrons. The molecule has 18 heavy (non-hydrogen) atoms. The van der Waals surface area contributed by atoms with Crippen LogP contribution in [0.1, 0.15) is 11.1 Å². The zero-order valence-corrected chi connectivity index (χ0v) is 10.5. The minimum absolute atomic E-state index is 0.663. The Bertz CT molecular complexity index is 454. The molecule has 0 spiro atoms. The molecular formula is C15H18N2O. The fraction of sp³-hybridized carbons (Fsp3) is 0.200. The molecule has 0 aliphatic rings. The summed E-state index contributed by atoms with van der Waals surface area (Å²) in [6.45, 7) is 1.44. The molecule has 3 nitrogen and oxygen atoms in total. The Morgan fingerprint density at radius 2 is 1.56 bits per heavy atom. The molecule has 0 bridgehead atoms. The van der Waals surface area contributed by atoms with Gasteiger partial charge in [-0.15, -0.1) is 0 Å². The number of hydrogen-bond acceptors (Lipinski definition) is 3. The highest BCUT2D eigenvalue weighted by molar-refractivity contribution is 5.41. The predicted molar refractivity (Wildman–Crippen MR) is 74.1 cm³/mol. The van der Waals surface area contributed by atoms with Crippen molar-refractivity contribution in [3.05, 3.63) is 65.7 Å². The van der Waals surface area contributed by atoms with Gasteiger partial charge >= 0.3 is 0 Å². The minimum Gasteiger partial charge on any atom is -0.380 e. The molecule has 0 saturated carbocycles.